The second-order valence-electron chi connectivity index (χ2n) is 5.32. The van der Waals surface area contributed by atoms with E-state index < -0.39 is 0 Å². The Labute approximate surface area is 103 Å². The summed E-state index contributed by atoms with van der Waals surface area (Å²) in [7, 11) is 0. The summed E-state index contributed by atoms with van der Waals surface area (Å²) in [6, 6.07) is 1.41. The van der Waals surface area contributed by atoms with Crippen molar-refractivity contribution in [2.24, 2.45) is 5.92 Å². The van der Waals surface area contributed by atoms with Crippen LogP contribution in [0.5, 0.6) is 0 Å². The molecule has 0 aromatic heterocycles. The number of rotatable bonds is 9. The van der Waals surface area contributed by atoms with Crippen molar-refractivity contribution in [2.75, 3.05) is 19.6 Å². The van der Waals surface area contributed by atoms with Crippen molar-refractivity contribution >= 4 is 0 Å². The maximum absolute atomic E-state index is 3.52. The summed E-state index contributed by atoms with van der Waals surface area (Å²) in [4.78, 5) is 2.61. The summed E-state index contributed by atoms with van der Waals surface area (Å²) in [5, 5.41) is 3.52. The lowest BCUT2D eigenvalue weighted by molar-refractivity contribution is 0.151. The molecule has 2 unspecified atom stereocenters. The van der Waals surface area contributed by atoms with Crippen LogP contribution in [-0.4, -0.2) is 36.6 Å². The van der Waals surface area contributed by atoms with Crippen LogP contribution in [0.3, 0.4) is 0 Å². The maximum atomic E-state index is 3.52. The van der Waals surface area contributed by atoms with Gasteiger partial charge >= 0.3 is 0 Å². The summed E-state index contributed by atoms with van der Waals surface area (Å²) < 4.78 is 0. The molecule has 0 aliphatic rings. The molecule has 0 bridgehead atoms. The molecule has 0 aliphatic heterocycles. The second kappa shape index (κ2) is 9.00. The summed E-state index contributed by atoms with van der Waals surface area (Å²) >= 11 is 0. The van der Waals surface area contributed by atoms with Gasteiger partial charge in [-0.15, -0.1) is 0 Å². The fraction of sp³-hybridized carbons (Fsp3) is 1.00. The minimum atomic E-state index is 0.694. The molecule has 2 heteroatoms. The quantitative estimate of drug-likeness (QED) is 0.610. The third-order valence-electron chi connectivity index (χ3n) is 3.38. The molecule has 0 amide bonds. The van der Waals surface area contributed by atoms with E-state index in [4.69, 9.17) is 0 Å². The van der Waals surface area contributed by atoms with Gasteiger partial charge in [-0.05, 0) is 52.2 Å². The summed E-state index contributed by atoms with van der Waals surface area (Å²) in [5.41, 5.74) is 0. The van der Waals surface area contributed by atoms with Gasteiger partial charge in [0.15, 0.2) is 0 Å². The van der Waals surface area contributed by atoms with Gasteiger partial charge < -0.3 is 5.32 Å². The predicted molar refractivity (Wildman–Crippen MR) is 73.9 cm³/mol. The molecular formula is C14H32N2. The van der Waals surface area contributed by atoms with E-state index in [1.165, 1.54) is 19.4 Å². The third kappa shape index (κ3) is 6.49. The van der Waals surface area contributed by atoms with Gasteiger partial charge in [-0.25, -0.2) is 0 Å². The highest BCUT2D eigenvalue weighted by Crippen LogP contribution is 2.10. The summed E-state index contributed by atoms with van der Waals surface area (Å²) in [6.45, 7) is 17.2. The maximum Gasteiger partial charge on any atom is 0.00817 e. The average molecular weight is 228 g/mol. The van der Waals surface area contributed by atoms with Crippen LogP contribution in [0.4, 0.5) is 0 Å². The van der Waals surface area contributed by atoms with Gasteiger partial charge in [0.25, 0.3) is 0 Å². The Morgan fingerprint density at radius 3 is 2.06 bits per heavy atom. The van der Waals surface area contributed by atoms with Gasteiger partial charge in [-0.3, -0.25) is 4.90 Å². The van der Waals surface area contributed by atoms with Gasteiger partial charge in [0.2, 0.25) is 0 Å². The van der Waals surface area contributed by atoms with Gasteiger partial charge in [0.1, 0.15) is 0 Å². The Balaban J connectivity index is 3.79. The molecule has 0 saturated heterocycles. The molecule has 0 heterocycles. The molecule has 0 fully saturated rings. The van der Waals surface area contributed by atoms with Gasteiger partial charge in [0, 0.05) is 12.1 Å². The Hall–Kier alpha value is -0.0800. The molecule has 98 valence electrons. The van der Waals surface area contributed by atoms with Crippen LogP contribution >= 0.6 is 0 Å². The zero-order valence-corrected chi connectivity index (χ0v) is 12.2. The molecule has 0 saturated carbocycles. The van der Waals surface area contributed by atoms with Gasteiger partial charge in [-0.2, -0.15) is 0 Å². The molecule has 2 atom stereocenters. The topological polar surface area (TPSA) is 15.3 Å². The highest BCUT2D eigenvalue weighted by atomic mass is 15.2. The Morgan fingerprint density at radius 1 is 1.00 bits per heavy atom. The van der Waals surface area contributed by atoms with E-state index in [1.54, 1.807) is 0 Å². The summed E-state index contributed by atoms with van der Waals surface area (Å²) in [5.74, 6) is 0.757. The number of nitrogens with one attached hydrogen (secondary N) is 1. The van der Waals surface area contributed by atoms with Crippen LogP contribution in [0.1, 0.15) is 54.4 Å². The lowest BCUT2D eigenvalue weighted by atomic mass is 10.1. The van der Waals surface area contributed by atoms with E-state index >= 15 is 0 Å². The fourth-order valence-electron chi connectivity index (χ4n) is 2.16. The first kappa shape index (κ1) is 15.9. The molecular weight excluding hydrogens is 196 g/mol. The van der Waals surface area contributed by atoms with Gasteiger partial charge in [-0.1, -0.05) is 27.7 Å². The first-order valence-corrected chi connectivity index (χ1v) is 6.99. The fourth-order valence-corrected chi connectivity index (χ4v) is 2.16. The van der Waals surface area contributed by atoms with Crippen LogP contribution in [-0.2, 0) is 0 Å². The van der Waals surface area contributed by atoms with Crippen molar-refractivity contribution in [1.82, 2.24) is 10.2 Å². The van der Waals surface area contributed by atoms with Crippen molar-refractivity contribution in [2.45, 2.75) is 66.5 Å². The first-order chi connectivity index (χ1) is 7.52. The van der Waals surface area contributed by atoms with Crippen molar-refractivity contribution in [3.8, 4) is 0 Å². The Kier molecular flexibility index (Phi) is 8.96. The van der Waals surface area contributed by atoms with E-state index in [1.807, 2.05) is 0 Å². The number of hydrogen-bond acceptors (Lipinski definition) is 2. The largest absolute Gasteiger partial charge is 0.316 e. The van der Waals surface area contributed by atoms with Gasteiger partial charge in [0.05, 0.1) is 0 Å². The van der Waals surface area contributed by atoms with E-state index in [-0.39, 0.29) is 0 Å². The molecule has 0 aliphatic carbocycles. The molecule has 0 spiro atoms. The standard InChI is InChI=1S/C14H32N2/c1-7-13(5)16(8-2)14(6)9-10-15-11-12(3)4/h12-15H,7-11H2,1-6H3. The molecule has 0 aromatic carbocycles. The molecule has 0 aromatic rings. The lowest BCUT2D eigenvalue weighted by Crippen LogP contribution is -2.41. The normalized spacial score (nSPS) is 15.8. The smallest absolute Gasteiger partial charge is 0.00817 e. The Bertz CT molecular complexity index is 157. The van der Waals surface area contributed by atoms with E-state index in [9.17, 15) is 0 Å². The average Bonchev–Trinajstić information content (AvgIpc) is 2.24. The van der Waals surface area contributed by atoms with E-state index in [0.717, 1.165) is 19.0 Å². The van der Waals surface area contributed by atoms with E-state index in [2.05, 4.69) is 51.8 Å². The van der Waals surface area contributed by atoms with Crippen LogP contribution in [0, 0.1) is 5.92 Å². The van der Waals surface area contributed by atoms with Crippen LogP contribution in [0.25, 0.3) is 0 Å². The first-order valence-electron chi connectivity index (χ1n) is 6.99. The van der Waals surface area contributed by atoms with E-state index in [0.29, 0.717) is 12.1 Å². The van der Waals surface area contributed by atoms with Crippen LogP contribution in [0.2, 0.25) is 0 Å². The van der Waals surface area contributed by atoms with Crippen molar-refractivity contribution < 1.29 is 0 Å². The molecule has 16 heavy (non-hydrogen) atoms. The monoisotopic (exact) mass is 228 g/mol. The van der Waals surface area contributed by atoms with Crippen molar-refractivity contribution in [1.29, 1.82) is 0 Å². The molecule has 0 rings (SSSR count). The zero-order valence-electron chi connectivity index (χ0n) is 12.2. The number of nitrogens with zero attached hydrogens (tertiary/aromatic N) is 1. The lowest BCUT2D eigenvalue weighted by Gasteiger charge is -2.33. The molecule has 2 nitrogen and oxygen atoms in total. The minimum Gasteiger partial charge on any atom is -0.316 e. The SMILES string of the molecule is CCC(C)N(CC)C(C)CCNCC(C)C. The molecule has 0 radical (unpaired) electrons. The van der Waals surface area contributed by atoms with Crippen molar-refractivity contribution in [3.63, 3.8) is 0 Å². The molecule has 1 N–H and O–H groups in total. The minimum absolute atomic E-state index is 0.694. The zero-order chi connectivity index (χ0) is 12.6. The van der Waals surface area contributed by atoms with Crippen LogP contribution in [0.15, 0.2) is 0 Å². The number of hydrogen-bond donors (Lipinski definition) is 1. The second-order valence-corrected chi connectivity index (χ2v) is 5.32. The highest BCUT2D eigenvalue weighted by Gasteiger charge is 2.16. The third-order valence-corrected chi connectivity index (χ3v) is 3.38. The van der Waals surface area contributed by atoms with Crippen molar-refractivity contribution in [3.05, 3.63) is 0 Å². The Morgan fingerprint density at radius 2 is 1.62 bits per heavy atom. The highest BCUT2D eigenvalue weighted by molar-refractivity contribution is 4.72. The summed E-state index contributed by atoms with van der Waals surface area (Å²) in [6.07, 6.45) is 2.50. The van der Waals surface area contributed by atoms with Crippen LogP contribution < -0.4 is 5.32 Å². The predicted octanol–water partition coefficient (Wildman–Crippen LogP) is 3.13.